The lowest BCUT2D eigenvalue weighted by Gasteiger charge is -2.16. The van der Waals surface area contributed by atoms with E-state index in [1.165, 1.54) is 0 Å². The number of hydrogen-bond acceptors (Lipinski definition) is 3. The monoisotopic (exact) mass is 173 g/mol. The summed E-state index contributed by atoms with van der Waals surface area (Å²) in [7, 11) is 0. The molecule has 0 aliphatic carbocycles. The van der Waals surface area contributed by atoms with Crippen LogP contribution in [-0.4, -0.2) is 24.5 Å². The van der Waals surface area contributed by atoms with Crippen LogP contribution in [0.1, 0.15) is 33.6 Å². The molecule has 0 aromatic rings. The molecule has 0 aliphatic heterocycles. The van der Waals surface area contributed by atoms with Gasteiger partial charge in [-0.2, -0.15) is 0 Å². The van der Waals surface area contributed by atoms with Gasteiger partial charge in [0, 0.05) is 18.6 Å². The molecule has 3 nitrogen and oxygen atoms in total. The maximum atomic E-state index is 11.1. The molecule has 0 heterocycles. The Hall–Kier alpha value is -0.410. The largest absolute Gasteiger partial charge is 0.374 e. The Balaban J connectivity index is 3.47. The minimum atomic E-state index is -0.410. The van der Waals surface area contributed by atoms with Gasteiger partial charge in [-0.25, -0.2) is 0 Å². The predicted octanol–water partition coefficient (Wildman–Crippen LogP) is 1.11. The van der Waals surface area contributed by atoms with Gasteiger partial charge in [-0.3, -0.25) is 4.79 Å². The summed E-state index contributed by atoms with van der Waals surface area (Å²) in [6.45, 7) is 6.54. The van der Waals surface area contributed by atoms with Crippen molar-refractivity contribution in [3.63, 3.8) is 0 Å². The van der Waals surface area contributed by atoms with Gasteiger partial charge in [-0.05, 0) is 20.3 Å². The molecule has 0 saturated carbocycles. The van der Waals surface area contributed by atoms with Gasteiger partial charge in [-0.15, -0.1) is 0 Å². The van der Waals surface area contributed by atoms with Gasteiger partial charge < -0.3 is 10.5 Å². The SMILES string of the molecule is CCCOCC(=O)CC(C)(C)N. The zero-order valence-corrected chi connectivity index (χ0v) is 8.22. The Morgan fingerprint density at radius 1 is 1.50 bits per heavy atom. The van der Waals surface area contributed by atoms with Gasteiger partial charge in [0.1, 0.15) is 6.61 Å². The molecule has 2 N–H and O–H groups in total. The van der Waals surface area contributed by atoms with Crippen molar-refractivity contribution >= 4 is 5.78 Å². The summed E-state index contributed by atoms with van der Waals surface area (Å²) in [5.74, 6) is 0.0796. The summed E-state index contributed by atoms with van der Waals surface area (Å²) in [5, 5.41) is 0. The topological polar surface area (TPSA) is 52.3 Å². The first-order valence-electron chi connectivity index (χ1n) is 4.34. The van der Waals surface area contributed by atoms with Crippen molar-refractivity contribution in [3.05, 3.63) is 0 Å². The van der Waals surface area contributed by atoms with Gasteiger partial charge in [0.25, 0.3) is 0 Å². The molecule has 0 aliphatic rings. The number of ketones is 1. The molecule has 0 spiro atoms. The number of hydrogen-bond donors (Lipinski definition) is 1. The number of nitrogens with two attached hydrogens (primary N) is 1. The average molecular weight is 173 g/mol. The molecule has 0 amide bonds. The Morgan fingerprint density at radius 2 is 2.08 bits per heavy atom. The highest BCUT2D eigenvalue weighted by atomic mass is 16.5. The van der Waals surface area contributed by atoms with Crippen LogP contribution in [0.5, 0.6) is 0 Å². The van der Waals surface area contributed by atoms with Gasteiger partial charge in [0.05, 0.1) is 0 Å². The van der Waals surface area contributed by atoms with E-state index in [1.54, 1.807) is 0 Å². The molecule has 0 aromatic heterocycles. The highest BCUT2D eigenvalue weighted by Gasteiger charge is 2.15. The van der Waals surface area contributed by atoms with Gasteiger partial charge in [-0.1, -0.05) is 6.92 Å². The molecule has 12 heavy (non-hydrogen) atoms. The van der Waals surface area contributed by atoms with Crippen LogP contribution in [0, 0.1) is 0 Å². The van der Waals surface area contributed by atoms with E-state index in [4.69, 9.17) is 10.5 Å². The van der Waals surface area contributed by atoms with Crippen molar-refractivity contribution in [2.24, 2.45) is 5.73 Å². The highest BCUT2D eigenvalue weighted by Crippen LogP contribution is 2.03. The third-order valence-electron chi connectivity index (χ3n) is 1.26. The number of rotatable bonds is 6. The molecule has 0 unspecified atom stereocenters. The number of carbonyl (C=O) groups is 1. The Kier molecular flexibility index (Phi) is 5.09. The lowest BCUT2D eigenvalue weighted by atomic mass is 10.00. The van der Waals surface area contributed by atoms with Crippen molar-refractivity contribution in [2.75, 3.05) is 13.2 Å². The molecule has 0 bridgehead atoms. The van der Waals surface area contributed by atoms with E-state index in [-0.39, 0.29) is 12.4 Å². The molecule has 0 saturated heterocycles. The fourth-order valence-electron chi connectivity index (χ4n) is 0.890. The highest BCUT2D eigenvalue weighted by molar-refractivity contribution is 5.80. The Labute approximate surface area is 74.3 Å². The smallest absolute Gasteiger partial charge is 0.160 e. The molecule has 0 aromatic carbocycles. The first-order valence-corrected chi connectivity index (χ1v) is 4.34. The van der Waals surface area contributed by atoms with Crippen LogP contribution in [0.25, 0.3) is 0 Å². The summed E-state index contributed by atoms with van der Waals surface area (Å²) in [6, 6.07) is 0. The lowest BCUT2D eigenvalue weighted by Crippen LogP contribution is -2.35. The van der Waals surface area contributed by atoms with E-state index in [2.05, 4.69) is 0 Å². The van der Waals surface area contributed by atoms with Crippen molar-refractivity contribution in [1.29, 1.82) is 0 Å². The van der Waals surface area contributed by atoms with Crippen molar-refractivity contribution in [1.82, 2.24) is 0 Å². The van der Waals surface area contributed by atoms with Crippen molar-refractivity contribution in [3.8, 4) is 0 Å². The van der Waals surface area contributed by atoms with Crippen LogP contribution >= 0.6 is 0 Å². The zero-order valence-electron chi connectivity index (χ0n) is 8.22. The third-order valence-corrected chi connectivity index (χ3v) is 1.26. The van der Waals surface area contributed by atoms with Crippen molar-refractivity contribution in [2.45, 2.75) is 39.2 Å². The average Bonchev–Trinajstić information content (AvgIpc) is 1.84. The van der Waals surface area contributed by atoms with Crippen LogP contribution < -0.4 is 5.73 Å². The minimum Gasteiger partial charge on any atom is -0.374 e. The third kappa shape index (κ3) is 7.69. The van der Waals surface area contributed by atoms with Gasteiger partial charge >= 0.3 is 0 Å². The van der Waals surface area contributed by atoms with E-state index in [1.807, 2.05) is 20.8 Å². The lowest BCUT2D eigenvalue weighted by molar-refractivity contribution is -0.124. The van der Waals surface area contributed by atoms with E-state index in [0.29, 0.717) is 13.0 Å². The van der Waals surface area contributed by atoms with Crippen LogP contribution in [0.4, 0.5) is 0 Å². The molecule has 0 radical (unpaired) electrons. The zero-order chi connectivity index (χ0) is 9.61. The first kappa shape index (κ1) is 11.6. The quantitative estimate of drug-likeness (QED) is 0.612. The van der Waals surface area contributed by atoms with Crippen molar-refractivity contribution < 1.29 is 9.53 Å². The van der Waals surface area contributed by atoms with Crippen LogP contribution in [-0.2, 0) is 9.53 Å². The minimum absolute atomic E-state index is 0.0796. The second-order valence-electron chi connectivity index (χ2n) is 3.76. The summed E-state index contributed by atoms with van der Waals surface area (Å²) < 4.78 is 5.09. The summed E-state index contributed by atoms with van der Waals surface area (Å²) in [4.78, 5) is 11.1. The molecule has 0 atom stereocenters. The second-order valence-corrected chi connectivity index (χ2v) is 3.76. The van der Waals surface area contributed by atoms with Gasteiger partial charge in [0.2, 0.25) is 0 Å². The summed E-state index contributed by atoms with van der Waals surface area (Å²) in [5.41, 5.74) is 5.25. The number of Topliss-reactive ketones (excluding diaryl/α,β-unsaturated/α-hetero) is 1. The standard InChI is InChI=1S/C9H19NO2/c1-4-5-12-7-8(11)6-9(2,3)10/h4-7,10H2,1-3H3. The number of ether oxygens (including phenoxy) is 1. The van der Waals surface area contributed by atoms with E-state index < -0.39 is 5.54 Å². The molecule has 0 fully saturated rings. The molecule has 0 rings (SSSR count). The second kappa shape index (κ2) is 5.27. The summed E-state index contributed by atoms with van der Waals surface area (Å²) >= 11 is 0. The van der Waals surface area contributed by atoms with E-state index >= 15 is 0 Å². The van der Waals surface area contributed by atoms with Crippen LogP contribution in [0.15, 0.2) is 0 Å². The van der Waals surface area contributed by atoms with Crippen LogP contribution in [0.3, 0.4) is 0 Å². The molecule has 3 heteroatoms. The first-order chi connectivity index (χ1) is 5.45. The normalized spacial score (nSPS) is 11.7. The predicted molar refractivity (Wildman–Crippen MR) is 49.0 cm³/mol. The fourth-order valence-corrected chi connectivity index (χ4v) is 0.890. The Morgan fingerprint density at radius 3 is 2.50 bits per heavy atom. The molecular formula is C9H19NO2. The molecule has 72 valence electrons. The Bertz CT molecular complexity index is 138. The van der Waals surface area contributed by atoms with E-state index in [9.17, 15) is 4.79 Å². The number of carbonyl (C=O) groups excluding carboxylic acids is 1. The summed E-state index contributed by atoms with van der Waals surface area (Å²) in [6.07, 6.45) is 1.33. The van der Waals surface area contributed by atoms with Crippen LogP contribution in [0.2, 0.25) is 0 Å². The maximum Gasteiger partial charge on any atom is 0.160 e. The van der Waals surface area contributed by atoms with Gasteiger partial charge in [0.15, 0.2) is 5.78 Å². The van der Waals surface area contributed by atoms with E-state index in [0.717, 1.165) is 6.42 Å². The molecular weight excluding hydrogens is 154 g/mol. The maximum absolute atomic E-state index is 11.1. The fraction of sp³-hybridized carbons (Fsp3) is 0.889.